The molecule has 1 aromatic carbocycles. The number of carbonyl (C=O) groups excluding carboxylic acids is 1. The number of hydrogen-bond donors (Lipinski definition) is 2. The normalized spacial score (nSPS) is 12.2. The fourth-order valence-electron chi connectivity index (χ4n) is 1.60. The molecule has 0 spiro atoms. The van der Waals surface area contributed by atoms with E-state index in [1.165, 1.54) is 0 Å². The number of hydrogen-bond acceptors (Lipinski definition) is 4. The van der Waals surface area contributed by atoms with Crippen molar-refractivity contribution in [2.75, 3.05) is 18.9 Å². The van der Waals surface area contributed by atoms with Gasteiger partial charge in [0.15, 0.2) is 8.32 Å². The van der Waals surface area contributed by atoms with Crippen molar-refractivity contribution in [1.29, 1.82) is 0 Å². The lowest BCUT2D eigenvalue weighted by molar-refractivity contribution is 0.1000. The third-order valence-corrected chi connectivity index (χ3v) is 8.65. The van der Waals surface area contributed by atoms with Gasteiger partial charge in [0.1, 0.15) is 5.75 Å². The van der Waals surface area contributed by atoms with Crippen molar-refractivity contribution < 1.29 is 14.0 Å². The molecule has 1 rings (SSSR count). The molecule has 0 bridgehead atoms. The van der Waals surface area contributed by atoms with Crippen molar-refractivity contribution in [2.24, 2.45) is 5.73 Å². The Hall–Kier alpha value is -1.53. The summed E-state index contributed by atoms with van der Waals surface area (Å²) >= 11 is 0. The van der Waals surface area contributed by atoms with Crippen LogP contribution in [0.25, 0.3) is 0 Å². The first-order chi connectivity index (χ1) is 10.0. The molecular formula is C16H28N2O3Si. The van der Waals surface area contributed by atoms with Gasteiger partial charge in [-0.2, -0.15) is 0 Å². The molecule has 0 aromatic heterocycles. The van der Waals surface area contributed by atoms with Crippen LogP contribution in [-0.2, 0) is 4.43 Å². The smallest absolute Gasteiger partial charge is 0.248 e. The van der Waals surface area contributed by atoms with E-state index >= 15 is 0 Å². The van der Waals surface area contributed by atoms with Crippen LogP contribution in [0.15, 0.2) is 18.2 Å². The Morgan fingerprint density at radius 3 is 2.41 bits per heavy atom. The quantitative estimate of drug-likeness (QED) is 0.458. The summed E-state index contributed by atoms with van der Waals surface area (Å²) < 4.78 is 11.7. The number of ether oxygens (including phenoxy) is 1. The molecule has 6 heteroatoms. The molecule has 0 fully saturated rings. The van der Waals surface area contributed by atoms with E-state index in [-0.39, 0.29) is 5.04 Å². The maximum Gasteiger partial charge on any atom is 0.248 e. The molecule has 0 unspecified atom stereocenters. The van der Waals surface area contributed by atoms with E-state index < -0.39 is 14.2 Å². The number of carbonyl (C=O) groups is 1. The Labute approximate surface area is 134 Å². The van der Waals surface area contributed by atoms with Gasteiger partial charge in [-0.25, -0.2) is 0 Å². The van der Waals surface area contributed by atoms with Crippen LogP contribution in [0, 0.1) is 0 Å². The summed E-state index contributed by atoms with van der Waals surface area (Å²) in [7, 11) is -1.71. The minimum atomic E-state index is -1.71. The average molecular weight is 324 g/mol. The molecule has 4 N–H and O–H groups in total. The number of amides is 1. The fraction of sp³-hybridized carbons (Fsp3) is 0.562. The molecule has 0 radical (unpaired) electrons. The van der Waals surface area contributed by atoms with Crippen LogP contribution < -0.4 is 16.2 Å². The molecule has 0 saturated heterocycles. The van der Waals surface area contributed by atoms with Gasteiger partial charge >= 0.3 is 0 Å². The van der Waals surface area contributed by atoms with Crippen LogP contribution in [0.1, 0.15) is 37.6 Å². The fourth-order valence-corrected chi connectivity index (χ4v) is 2.69. The molecule has 22 heavy (non-hydrogen) atoms. The summed E-state index contributed by atoms with van der Waals surface area (Å²) in [5.74, 6) is -0.00487. The van der Waals surface area contributed by atoms with E-state index in [1.54, 1.807) is 18.2 Å². The van der Waals surface area contributed by atoms with E-state index in [0.717, 1.165) is 6.42 Å². The average Bonchev–Trinajstić information content (AvgIpc) is 2.38. The molecule has 0 atom stereocenters. The van der Waals surface area contributed by atoms with Gasteiger partial charge in [0.05, 0.1) is 12.3 Å². The molecule has 0 aliphatic rings. The predicted molar refractivity (Wildman–Crippen MR) is 92.6 cm³/mol. The van der Waals surface area contributed by atoms with E-state index in [2.05, 4.69) is 33.9 Å². The predicted octanol–water partition coefficient (Wildman–Crippen LogP) is 3.16. The van der Waals surface area contributed by atoms with Crippen molar-refractivity contribution in [3.8, 4) is 5.75 Å². The zero-order valence-electron chi connectivity index (χ0n) is 14.2. The molecule has 1 aromatic rings. The van der Waals surface area contributed by atoms with Gasteiger partial charge in [0.25, 0.3) is 0 Å². The molecule has 5 nitrogen and oxygen atoms in total. The van der Waals surface area contributed by atoms with E-state index in [0.29, 0.717) is 30.2 Å². The summed E-state index contributed by atoms with van der Waals surface area (Å²) in [5, 5.41) is 0.202. The first kappa shape index (κ1) is 18.5. The van der Waals surface area contributed by atoms with Crippen molar-refractivity contribution >= 4 is 19.9 Å². The van der Waals surface area contributed by atoms with Crippen molar-refractivity contribution in [3.63, 3.8) is 0 Å². The van der Waals surface area contributed by atoms with Gasteiger partial charge in [0, 0.05) is 18.6 Å². The van der Waals surface area contributed by atoms with Gasteiger partial charge in [-0.1, -0.05) is 20.8 Å². The second-order valence-electron chi connectivity index (χ2n) is 6.93. The number of primary amides is 1. The summed E-state index contributed by atoms with van der Waals surface area (Å²) in [5.41, 5.74) is 12.0. The topological polar surface area (TPSA) is 87.6 Å². The minimum absolute atomic E-state index is 0.202. The Morgan fingerprint density at radius 2 is 1.86 bits per heavy atom. The van der Waals surface area contributed by atoms with Crippen LogP contribution in [0.5, 0.6) is 5.75 Å². The third kappa shape index (κ3) is 5.03. The third-order valence-electron chi connectivity index (χ3n) is 4.11. The maximum absolute atomic E-state index is 11.2. The van der Waals surface area contributed by atoms with Crippen molar-refractivity contribution in [2.45, 2.75) is 45.3 Å². The lowest BCUT2D eigenvalue weighted by atomic mass is 10.2. The molecule has 0 aliphatic heterocycles. The molecule has 1 amide bonds. The number of rotatable bonds is 7. The second-order valence-corrected chi connectivity index (χ2v) is 11.7. The highest BCUT2D eigenvalue weighted by Crippen LogP contribution is 2.36. The molecule has 124 valence electrons. The Kier molecular flexibility index (Phi) is 6.02. The van der Waals surface area contributed by atoms with Gasteiger partial charge in [-0.3, -0.25) is 4.79 Å². The zero-order valence-corrected chi connectivity index (χ0v) is 15.2. The van der Waals surface area contributed by atoms with Crippen LogP contribution in [0.3, 0.4) is 0 Å². The summed E-state index contributed by atoms with van der Waals surface area (Å²) in [4.78, 5) is 11.2. The Bertz CT molecular complexity index is 525. The van der Waals surface area contributed by atoms with E-state index in [9.17, 15) is 4.79 Å². The molecule has 0 heterocycles. The molecular weight excluding hydrogens is 296 g/mol. The van der Waals surface area contributed by atoms with Crippen LogP contribution in [0.4, 0.5) is 5.69 Å². The standard InChI is InChI=1S/C16H28N2O3Si/c1-16(2,3)22(4,5)21-10-6-9-20-14-11-12(15(18)19)7-8-13(14)17/h7-8,11H,6,9-10,17H2,1-5H3,(H2,18,19). The summed E-state index contributed by atoms with van der Waals surface area (Å²) in [6.07, 6.45) is 0.771. The first-order valence-electron chi connectivity index (χ1n) is 7.51. The van der Waals surface area contributed by atoms with Gasteiger partial charge in [-0.05, 0) is 36.3 Å². The minimum Gasteiger partial charge on any atom is -0.491 e. The van der Waals surface area contributed by atoms with Crippen LogP contribution >= 0.6 is 0 Å². The first-order valence-corrected chi connectivity index (χ1v) is 10.4. The number of anilines is 1. The summed E-state index contributed by atoms with van der Waals surface area (Å²) in [6, 6.07) is 4.79. The highest BCUT2D eigenvalue weighted by molar-refractivity contribution is 6.74. The lowest BCUT2D eigenvalue weighted by Crippen LogP contribution is -2.41. The molecule has 0 aliphatic carbocycles. The van der Waals surface area contributed by atoms with Crippen molar-refractivity contribution in [3.05, 3.63) is 23.8 Å². The SMILES string of the molecule is CC(C)(C)[Si](C)(C)OCCCOc1cc(C(N)=O)ccc1N. The van der Waals surface area contributed by atoms with Gasteiger partial charge in [0.2, 0.25) is 5.91 Å². The van der Waals surface area contributed by atoms with Gasteiger partial charge in [-0.15, -0.1) is 0 Å². The lowest BCUT2D eigenvalue weighted by Gasteiger charge is -2.36. The van der Waals surface area contributed by atoms with Crippen LogP contribution in [0.2, 0.25) is 18.1 Å². The number of nitrogens with two attached hydrogens (primary N) is 2. The van der Waals surface area contributed by atoms with Crippen molar-refractivity contribution in [1.82, 2.24) is 0 Å². The number of benzene rings is 1. The highest BCUT2D eigenvalue weighted by Gasteiger charge is 2.36. The largest absolute Gasteiger partial charge is 0.491 e. The second kappa shape index (κ2) is 7.15. The monoisotopic (exact) mass is 324 g/mol. The summed E-state index contributed by atoms with van der Waals surface area (Å²) in [6.45, 7) is 12.2. The number of nitrogen functional groups attached to an aromatic ring is 1. The van der Waals surface area contributed by atoms with Gasteiger partial charge < -0.3 is 20.6 Å². The Morgan fingerprint density at radius 1 is 1.23 bits per heavy atom. The van der Waals surface area contributed by atoms with E-state index in [1.807, 2.05) is 0 Å². The maximum atomic E-state index is 11.2. The highest BCUT2D eigenvalue weighted by atomic mass is 28.4. The molecule has 0 saturated carbocycles. The van der Waals surface area contributed by atoms with Crippen LogP contribution in [-0.4, -0.2) is 27.4 Å². The Balaban J connectivity index is 2.46. The van der Waals surface area contributed by atoms with E-state index in [4.69, 9.17) is 20.6 Å². The zero-order chi connectivity index (χ0) is 17.0.